The van der Waals surface area contributed by atoms with Gasteiger partial charge in [0.2, 0.25) is 10.0 Å². The number of carbonyl (C=O) groups excluding carboxylic acids is 1. The number of esters is 1. The third-order valence-electron chi connectivity index (χ3n) is 2.17. The number of hydrogen-bond donors (Lipinski definition) is 0. The smallest absolute Gasteiger partial charge is 0.305 e. The molecular weight excluding hydrogens is 244 g/mol. The summed E-state index contributed by atoms with van der Waals surface area (Å²) in [4.78, 5) is 10.8. The molecule has 0 saturated carbocycles. The molecule has 0 aliphatic heterocycles. The van der Waals surface area contributed by atoms with E-state index in [9.17, 15) is 13.2 Å². The third kappa shape index (κ3) is 5.65. The van der Waals surface area contributed by atoms with E-state index < -0.39 is 16.0 Å². The molecule has 0 amide bonds. The normalized spacial score (nSPS) is 11.5. The van der Waals surface area contributed by atoms with Crippen molar-refractivity contribution in [1.82, 2.24) is 4.31 Å². The molecule has 6 nitrogen and oxygen atoms in total. The summed E-state index contributed by atoms with van der Waals surface area (Å²) in [6.45, 7) is 3.24. The van der Waals surface area contributed by atoms with Crippen molar-refractivity contribution >= 4 is 16.0 Å². The molecule has 0 bridgehead atoms. The molecule has 17 heavy (non-hydrogen) atoms. The van der Waals surface area contributed by atoms with E-state index in [1.54, 1.807) is 13.8 Å². The molecule has 0 aliphatic carbocycles. The van der Waals surface area contributed by atoms with Gasteiger partial charge in [0.05, 0.1) is 18.9 Å². The molecule has 0 atom stereocenters. The minimum Gasteiger partial charge on any atom is -0.469 e. The molecule has 0 fully saturated rings. The fraction of sp³-hybridized carbons (Fsp3) is 0.800. The Kier molecular flexibility index (Phi) is 6.76. The van der Waals surface area contributed by atoms with Gasteiger partial charge in [-0.1, -0.05) is 0 Å². The maximum Gasteiger partial charge on any atom is 0.305 e. The number of sulfonamides is 1. The van der Waals surface area contributed by atoms with Gasteiger partial charge < -0.3 is 4.74 Å². The molecule has 0 saturated heterocycles. The Morgan fingerprint density at radius 3 is 2.47 bits per heavy atom. The van der Waals surface area contributed by atoms with Gasteiger partial charge in [-0.05, 0) is 20.3 Å². The van der Waals surface area contributed by atoms with Crippen LogP contribution in [0.5, 0.6) is 0 Å². The van der Waals surface area contributed by atoms with Crippen LogP contribution < -0.4 is 0 Å². The molecule has 0 aromatic heterocycles. The molecule has 0 aromatic carbocycles. The molecule has 0 rings (SSSR count). The predicted molar refractivity (Wildman–Crippen MR) is 62.5 cm³/mol. The predicted octanol–water partition coefficient (Wildman–Crippen LogP) is 0.503. The summed E-state index contributed by atoms with van der Waals surface area (Å²) in [5.74, 6) is -0.585. The fourth-order valence-electron chi connectivity index (χ4n) is 1.29. The van der Waals surface area contributed by atoms with E-state index in [0.29, 0.717) is 0 Å². The number of ether oxygens (including phenoxy) is 1. The Morgan fingerprint density at radius 2 is 2.06 bits per heavy atom. The first-order chi connectivity index (χ1) is 7.85. The van der Waals surface area contributed by atoms with E-state index in [0.717, 1.165) is 4.31 Å². The van der Waals surface area contributed by atoms with Crippen molar-refractivity contribution in [3.05, 3.63) is 0 Å². The van der Waals surface area contributed by atoms with Crippen molar-refractivity contribution in [2.24, 2.45) is 0 Å². The molecular formula is C10H18N2O4S. The topological polar surface area (TPSA) is 87.5 Å². The zero-order valence-corrected chi connectivity index (χ0v) is 11.2. The number of nitrogens with zero attached hydrogens (tertiary/aromatic N) is 2. The zero-order chi connectivity index (χ0) is 13.5. The second-order valence-electron chi connectivity index (χ2n) is 3.79. The summed E-state index contributed by atoms with van der Waals surface area (Å²) in [6, 6.07) is 1.55. The van der Waals surface area contributed by atoms with Crippen LogP contribution in [0, 0.1) is 11.3 Å². The van der Waals surface area contributed by atoms with Crippen LogP contribution in [-0.2, 0) is 19.6 Å². The van der Waals surface area contributed by atoms with Gasteiger partial charge in [-0.15, -0.1) is 0 Å². The molecule has 0 heterocycles. The Morgan fingerprint density at radius 1 is 1.47 bits per heavy atom. The second-order valence-corrected chi connectivity index (χ2v) is 5.83. The van der Waals surface area contributed by atoms with Gasteiger partial charge in [0.15, 0.2) is 0 Å². The number of rotatable bonds is 7. The first-order valence-electron chi connectivity index (χ1n) is 5.28. The molecule has 0 spiro atoms. The van der Waals surface area contributed by atoms with Crippen molar-refractivity contribution in [2.45, 2.75) is 32.7 Å². The van der Waals surface area contributed by atoms with Crippen LogP contribution in [-0.4, -0.2) is 44.1 Å². The van der Waals surface area contributed by atoms with E-state index in [4.69, 9.17) is 5.26 Å². The van der Waals surface area contributed by atoms with Gasteiger partial charge in [-0.3, -0.25) is 4.79 Å². The Hall–Kier alpha value is -1.13. The number of nitriles is 1. The summed E-state index contributed by atoms with van der Waals surface area (Å²) in [5, 5.41) is 8.57. The molecule has 0 unspecified atom stereocenters. The zero-order valence-electron chi connectivity index (χ0n) is 10.3. The number of carbonyl (C=O) groups is 1. The SMILES string of the molecule is COC(=O)CCCS(=O)(=O)N(CC#N)C(C)C. The number of hydrogen-bond acceptors (Lipinski definition) is 5. The first kappa shape index (κ1) is 15.9. The third-order valence-corrected chi connectivity index (χ3v) is 4.24. The highest BCUT2D eigenvalue weighted by molar-refractivity contribution is 7.89. The minimum absolute atomic E-state index is 0.0637. The molecule has 98 valence electrons. The lowest BCUT2D eigenvalue weighted by molar-refractivity contribution is -0.140. The van der Waals surface area contributed by atoms with Crippen LogP contribution in [0.2, 0.25) is 0 Å². The lowest BCUT2D eigenvalue weighted by atomic mass is 10.3. The minimum atomic E-state index is -3.48. The summed E-state index contributed by atoms with van der Waals surface area (Å²) < 4.78 is 29.3. The van der Waals surface area contributed by atoms with Gasteiger partial charge in [-0.25, -0.2) is 8.42 Å². The highest BCUT2D eigenvalue weighted by Gasteiger charge is 2.24. The standard InChI is InChI=1S/C10H18N2O4S/c1-9(2)12(7-6-11)17(14,15)8-4-5-10(13)16-3/h9H,4-5,7-8H2,1-3H3. The highest BCUT2D eigenvalue weighted by atomic mass is 32.2. The molecule has 0 aromatic rings. The summed E-state index contributed by atoms with van der Waals surface area (Å²) in [5.41, 5.74) is 0. The lowest BCUT2D eigenvalue weighted by Gasteiger charge is -2.22. The van der Waals surface area contributed by atoms with Gasteiger partial charge in [-0.2, -0.15) is 9.57 Å². The quantitative estimate of drug-likeness (QED) is 0.492. The van der Waals surface area contributed by atoms with Crippen molar-refractivity contribution in [2.75, 3.05) is 19.4 Å². The van der Waals surface area contributed by atoms with Crippen LogP contribution in [0.25, 0.3) is 0 Å². The van der Waals surface area contributed by atoms with Gasteiger partial charge >= 0.3 is 5.97 Å². The van der Waals surface area contributed by atoms with E-state index in [2.05, 4.69) is 4.74 Å². The summed E-state index contributed by atoms with van der Waals surface area (Å²) in [7, 11) is -2.23. The Labute approximate surface area is 102 Å². The fourth-order valence-corrected chi connectivity index (χ4v) is 2.93. The van der Waals surface area contributed by atoms with Crippen LogP contribution in [0.1, 0.15) is 26.7 Å². The van der Waals surface area contributed by atoms with Crippen LogP contribution in [0.3, 0.4) is 0 Å². The summed E-state index contributed by atoms with van der Waals surface area (Å²) in [6.07, 6.45) is 0.262. The first-order valence-corrected chi connectivity index (χ1v) is 6.89. The van der Waals surface area contributed by atoms with Crippen LogP contribution in [0.15, 0.2) is 0 Å². The van der Waals surface area contributed by atoms with E-state index in [1.165, 1.54) is 7.11 Å². The van der Waals surface area contributed by atoms with Crippen molar-refractivity contribution in [1.29, 1.82) is 5.26 Å². The van der Waals surface area contributed by atoms with Gasteiger partial charge in [0.1, 0.15) is 6.54 Å². The second kappa shape index (κ2) is 7.25. The summed E-state index contributed by atoms with van der Waals surface area (Å²) >= 11 is 0. The molecule has 0 aliphatic rings. The van der Waals surface area contributed by atoms with Crippen LogP contribution in [0.4, 0.5) is 0 Å². The van der Waals surface area contributed by atoms with E-state index >= 15 is 0 Å². The van der Waals surface area contributed by atoms with Crippen LogP contribution >= 0.6 is 0 Å². The Bertz CT molecular complexity index is 384. The van der Waals surface area contributed by atoms with Crippen molar-refractivity contribution in [3.8, 4) is 6.07 Å². The average molecular weight is 262 g/mol. The Balaban J connectivity index is 4.45. The van der Waals surface area contributed by atoms with Gasteiger partial charge in [0.25, 0.3) is 0 Å². The van der Waals surface area contributed by atoms with Crippen molar-refractivity contribution in [3.63, 3.8) is 0 Å². The molecule has 7 heteroatoms. The van der Waals surface area contributed by atoms with E-state index in [-0.39, 0.29) is 31.2 Å². The lowest BCUT2D eigenvalue weighted by Crippen LogP contribution is -2.38. The maximum atomic E-state index is 11.9. The maximum absolute atomic E-state index is 11.9. The largest absolute Gasteiger partial charge is 0.469 e. The molecule has 0 N–H and O–H groups in total. The van der Waals surface area contributed by atoms with E-state index in [1.807, 2.05) is 6.07 Å². The van der Waals surface area contributed by atoms with Gasteiger partial charge in [0, 0.05) is 12.5 Å². The monoisotopic (exact) mass is 262 g/mol. The average Bonchev–Trinajstić information content (AvgIpc) is 2.24. The van der Waals surface area contributed by atoms with Crippen molar-refractivity contribution < 1.29 is 17.9 Å². The molecule has 0 radical (unpaired) electrons. The number of methoxy groups -OCH3 is 1. The highest BCUT2D eigenvalue weighted by Crippen LogP contribution is 2.09.